The Kier molecular flexibility index (Phi) is 4.18. The molecule has 0 aliphatic carbocycles. The van der Waals surface area contributed by atoms with Crippen LogP contribution in [0.1, 0.15) is 15.9 Å². The maximum absolute atomic E-state index is 12.4. The normalized spacial score (nSPS) is 11.3. The molecule has 0 atom stereocenters. The summed E-state index contributed by atoms with van der Waals surface area (Å²) in [6.07, 6.45) is -3.56. The third-order valence-electron chi connectivity index (χ3n) is 3.13. The molecule has 1 aromatic carbocycles. The highest BCUT2D eigenvalue weighted by Crippen LogP contribution is 2.31. The Balaban J connectivity index is 2.59. The monoisotopic (exact) mass is 327 g/mol. The van der Waals surface area contributed by atoms with Gasteiger partial charge < -0.3 is 14.4 Å². The molecule has 0 saturated heterocycles. The number of aromatic nitrogens is 1. The number of hydrogen-bond acceptors (Lipinski definition) is 3. The molecule has 0 unspecified atom stereocenters. The Labute approximate surface area is 128 Å². The molecule has 0 fully saturated rings. The molecule has 2 aromatic rings. The van der Waals surface area contributed by atoms with E-state index in [-0.39, 0.29) is 5.56 Å². The number of aryl methyl sites for hydroxylation is 2. The quantitative estimate of drug-likeness (QED) is 0.941. The predicted octanol–water partition coefficient (Wildman–Crippen LogP) is 2.96. The van der Waals surface area contributed by atoms with Gasteiger partial charge in [-0.2, -0.15) is 0 Å². The fourth-order valence-corrected chi connectivity index (χ4v) is 2.12. The molecule has 122 valence electrons. The summed E-state index contributed by atoms with van der Waals surface area (Å²) >= 11 is 0. The van der Waals surface area contributed by atoms with Crippen LogP contribution in [0.25, 0.3) is 11.1 Å². The van der Waals surface area contributed by atoms with E-state index in [0.29, 0.717) is 16.7 Å². The first-order chi connectivity index (χ1) is 10.6. The maximum atomic E-state index is 12.4. The Morgan fingerprint density at radius 1 is 1.22 bits per heavy atom. The van der Waals surface area contributed by atoms with Crippen molar-refractivity contribution < 1.29 is 27.8 Å². The summed E-state index contributed by atoms with van der Waals surface area (Å²) in [6, 6.07) is 4.87. The number of carboxylic acids is 1. The second-order valence-corrected chi connectivity index (χ2v) is 4.89. The molecular formula is C15H12F3NO4. The number of pyridine rings is 1. The molecule has 0 saturated carbocycles. The summed E-state index contributed by atoms with van der Waals surface area (Å²) in [5.41, 5.74) is 0.336. The van der Waals surface area contributed by atoms with Gasteiger partial charge in [0.25, 0.3) is 5.56 Å². The highest BCUT2D eigenvalue weighted by Gasteiger charge is 2.33. The zero-order chi connectivity index (χ0) is 17.4. The fraction of sp³-hybridized carbons (Fsp3) is 0.200. The minimum atomic E-state index is -5.01. The fourth-order valence-electron chi connectivity index (χ4n) is 2.12. The van der Waals surface area contributed by atoms with Crippen molar-refractivity contribution >= 4 is 5.97 Å². The van der Waals surface area contributed by atoms with Crippen molar-refractivity contribution in [3.63, 3.8) is 0 Å². The van der Waals surface area contributed by atoms with E-state index in [1.165, 1.54) is 29.9 Å². The summed E-state index contributed by atoms with van der Waals surface area (Å²) in [6.45, 7) is 1.57. The summed E-state index contributed by atoms with van der Waals surface area (Å²) < 4.78 is 42.4. The minimum Gasteiger partial charge on any atom is -0.478 e. The lowest BCUT2D eigenvalue weighted by atomic mass is 10.0. The molecule has 23 heavy (non-hydrogen) atoms. The van der Waals surface area contributed by atoms with Crippen LogP contribution in [0.4, 0.5) is 13.2 Å². The van der Waals surface area contributed by atoms with E-state index in [1.54, 1.807) is 6.92 Å². The number of hydrogen-bond donors (Lipinski definition) is 1. The Bertz CT molecular complexity index is 798. The van der Waals surface area contributed by atoms with Gasteiger partial charge in [0.1, 0.15) is 11.3 Å². The molecule has 8 heteroatoms. The summed E-state index contributed by atoms with van der Waals surface area (Å²) in [4.78, 5) is 22.7. The van der Waals surface area contributed by atoms with Crippen LogP contribution in [-0.2, 0) is 7.05 Å². The lowest BCUT2D eigenvalue weighted by molar-refractivity contribution is -0.274. The molecule has 0 aliphatic rings. The number of aromatic carboxylic acids is 1. The zero-order valence-corrected chi connectivity index (χ0v) is 12.1. The van der Waals surface area contributed by atoms with Gasteiger partial charge in [0.15, 0.2) is 0 Å². The van der Waals surface area contributed by atoms with Crippen LogP contribution in [0.5, 0.6) is 5.75 Å². The van der Waals surface area contributed by atoms with Gasteiger partial charge in [-0.15, -0.1) is 13.2 Å². The maximum Gasteiger partial charge on any atom is 0.573 e. The Hall–Kier alpha value is -2.77. The smallest absolute Gasteiger partial charge is 0.478 e. The van der Waals surface area contributed by atoms with Crippen LogP contribution in [0.3, 0.4) is 0 Å². The topological polar surface area (TPSA) is 68.5 Å². The average molecular weight is 327 g/mol. The van der Waals surface area contributed by atoms with E-state index >= 15 is 0 Å². The van der Waals surface area contributed by atoms with Gasteiger partial charge >= 0.3 is 12.3 Å². The van der Waals surface area contributed by atoms with Crippen molar-refractivity contribution in [3.05, 3.63) is 51.9 Å². The molecule has 0 spiro atoms. The van der Waals surface area contributed by atoms with E-state index in [2.05, 4.69) is 4.74 Å². The van der Waals surface area contributed by atoms with Gasteiger partial charge in [0, 0.05) is 18.8 Å². The van der Waals surface area contributed by atoms with E-state index in [9.17, 15) is 22.8 Å². The zero-order valence-electron chi connectivity index (χ0n) is 12.1. The Morgan fingerprint density at radius 3 is 2.39 bits per heavy atom. The highest BCUT2D eigenvalue weighted by atomic mass is 19.4. The van der Waals surface area contributed by atoms with Crippen molar-refractivity contribution in [3.8, 4) is 16.9 Å². The number of alkyl halides is 3. The average Bonchev–Trinajstić information content (AvgIpc) is 2.42. The highest BCUT2D eigenvalue weighted by molar-refractivity contribution is 5.92. The largest absolute Gasteiger partial charge is 0.573 e. The summed E-state index contributed by atoms with van der Waals surface area (Å²) in [7, 11) is 1.51. The number of rotatable bonds is 3. The first kappa shape index (κ1) is 16.6. The van der Waals surface area contributed by atoms with Gasteiger partial charge in [-0.1, -0.05) is 6.07 Å². The van der Waals surface area contributed by atoms with Crippen LogP contribution < -0.4 is 10.3 Å². The van der Waals surface area contributed by atoms with Crippen molar-refractivity contribution in [2.24, 2.45) is 7.05 Å². The molecule has 0 aliphatic heterocycles. The lowest BCUT2D eigenvalue weighted by Gasteiger charge is -2.13. The molecule has 0 amide bonds. The number of carbonyl (C=O) groups is 1. The van der Waals surface area contributed by atoms with E-state index in [4.69, 9.17) is 5.11 Å². The molecule has 1 N–H and O–H groups in total. The third kappa shape index (κ3) is 3.71. The predicted molar refractivity (Wildman–Crippen MR) is 75.5 cm³/mol. The van der Waals surface area contributed by atoms with Crippen molar-refractivity contribution in [2.45, 2.75) is 13.3 Å². The van der Waals surface area contributed by atoms with E-state index in [0.717, 1.165) is 12.1 Å². The van der Waals surface area contributed by atoms with Crippen LogP contribution in [0.15, 0.2) is 35.3 Å². The molecule has 0 bridgehead atoms. The molecule has 1 aromatic heterocycles. The summed E-state index contributed by atoms with van der Waals surface area (Å²) in [5.74, 6) is -2.35. The molecule has 2 rings (SSSR count). The van der Waals surface area contributed by atoms with Crippen LogP contribution in [0.2, 0.25) is 0 Å². The Morgan fingerprint density at radius 2 is 1.87 bits per heavy atom. The van der Waals surface area contributed by atoms with Crippen LogP contribution in [0, 0.1) is 6.92 Å². The van der Waals surface area contributed by atoms with Crippen LogP contribution in [-0.4, -0.2) is 22.0 Å². The van der Waals surface area contributed by atoms with Gasteiger partial charge in [-0.25, -0.2) is 4.79 Å². The van der Waals surface area contributed by atoms with Crippen molar-refractivity contribution in [1.82, 2.24) is 4.57 Å². The first-order valence-corrected chi connectivity index (χ1v) is 6.39. The van der Waals surface area contributed by atoms with Crippen molar-refractivity contribution in [2.75, 3.05) is 0 Å². The molecular weight excluding hydrogens is 315 g/mol. The van der Waals surface area contributed by atoms with E-state index in [1.807, 2.05) is 0 Å². The molecule has 1 heterocycles. The molecule has 0 radical (unpaired) electrons. The van der Waals surface area contributed by atoms with Gasteiger partial charge in [-0.3, -0.25) is 4.79 Å². The second-order valence-electron chi connectivity index (χ2n) is 4.89. The lowest BCUT2D eigenvalue weighted by Crippen LogP contribution is -2.19. The van der Waals surface area contributed by atoms with E-state index < -0.39 is 23.6 Å². The number of nitrogens with zero attached hydrogens (tertiary/aromatic N) is 1. The number of ether oxygens (including phenoxy) is 1. The summed E-state index contributed by atoms with van der Waals surface area (Å²) in [5, 5.41) is 8.96. The SMILES string of the molecule is Cc1cc(-c2ccc(C(=O)O)c(OC(F)(F)F)c2)cn(C)c1=O. The van der Waals surface area contributed by atoms with Gasteiger partial charge in [0.2, 0.25) is 0 Å². The second kappa shape index (κ2) is 5.79. The number of halogens is 3. The standard InChI is InChI=1S/C15H12F3NO4/c1-8-5-10(7-19(2)13(8)20)9-3-4-11(14(21)22)12(6-9)23-15(16,17)18/h3-7H,1-2H3,(H,21,22). The van der Waals surface area contributed by atoms with Crippen LogP contribution >= 0.6 is 0 Å². The minimum absolute atomic E-state index is 0.234. The molecule has 5 nitrogen and oxygen atoms in total. The van der Waals surface area contributed by atoms with Crippen molar-refractivity contribution in [1.29, 1.82) is 0 Å². The first-order valence-electron chi connectivity index (χ1n) is 6.39. The van der Waals surface area contributed by atoms with Gasteiger partial charge in [-0.05, 0) is 36.2 Å². The number of carboxylic acid groups (broad SMARTS) is 1. The van der Waals surface area contributed by atoms with Gasteiger partial charge in [0.05, 0.1) is 0 Å². The third-order valence-corrected chi connectivity index (χ3v) is 3.13. The number of benzene rings is 1.